The number of hydrogen-bond donors (Lipinski definition) is 2. The molecule has 0 aromatic carbocycles. The van der Waals surface area contributed by atoms with Crippen LogP contribution in [0.1, 0.15) is 24.8 Å². The van der Waals surface area contributed by atoms with Crippen molar-refractivity contribution in [2.75, 3.05) is 13.1 Å². The summed E-state index contributed by atoms with van der Waals surface area (Å²) in [5, 5.41) is 11.0. The van der Waals surface area contributed by atoms with E-state index in [0.717, 1.165) is 25.7 Å². The van der Waals surface area contributed by atoms with Crippen LogP contribution in [0.25, 0.3) is 0 Å². The summed E-state index contributed by atoms with van der Waals surface area (Å²) in [4.78, 5) is 0. The van der Waals surface area contributed by atoms with Gasteiger partial charge in [0.15, 0.2) is 0 Å². The van der Waals surface area contributed by atoms with Gasteiger partial charge < -0.3 is 10.6 Å². The Morgan fingerprint density at radius 2 is 2.33 bits per heavy atom. The summed E-state index contributed by atoms with van der Waals surface area (Å²) in [5.41, 5.74) is 1.26. The molecule has 0 amide bonds. The third kappa shape index (κ3) is 4.01. The van der Waals surface area contributed by atoms with Crippen molar-refractivity contribution in [2.24, 2.45) is 7.05 Å². The van der Waals surface area contributed by atoms with E-state index in [-0.39, 0.29) is 0 Å². The van der Waals surface area contributed by atoms with Crippen LogP contribution in [0.5, 0.6) is 0 Å². The maximum Gasteiger partial charge on any atom is 0.0534 e. The summed E-state index contributed by atoms with van der Waals surface area (Å²) in [6.45, 7) is 3.15. The molecule has 2 rings (SSSR count). The van der Waals surface area contributed by atoms with Gasteiger partial charge in [-0.15, -0.1) is 0 Å². The molecule has 15 heavy (non-hydrogen) atoms. The van der Waals surface area contributed by atoms with Crippen LogP contribution in [0.3, 0.4) is 0 Å². The Balaban J connectivity index is 1.47. The lowest BCUT2D eigenvalue weighted by Gasteiger charge is -2.03. The summed E-state index contributed by atoms with van der Waals surface area (Å²) in [5.74, 6) is 0. The number of aromatic nitrogens is 2. The molecule has 1 aliphatic rings. The molecule has 0 saturated heterocycles. The van der Waals surface area contributed by atoms with Gasteiger partial charge in [-0.1, -0.05) is 0 Å². The van der Waals surface area contributed by atoms with Gasteiger partial charge in [0.1, 0.15) is 0 Å². The minimum Gasteiger partial charge on any atom is -0.314 e. The molecule has 1 fully saturated rings. The minimum absolute atomic E-state index is 0.836. The Morgan fingerprint density at radius 3 is 3.00 bits per heavy atom. The van der Waals surface area contributed by atoms with E-state index in [2.05, 4.69) is 21.9 Å². The van der Waals surface area contributed by atoms with Crippen LogP contribution < -0.4 is 10.6 Å². The van der Waals surface area contributed by atoms with Crippen molar-refractivity contribution in [3.8, 4) is 0 Å². The topological polar surface area (TPSA) is 41.9 Å². The molecule has 1 aromatic rings. The largest absolute Gasteiger partial charge is 0.314 e. The second-order valence-electron chi connectivity index (χ2n) is 4.28. The van der Waals surface area contributed by atoms with E-state index >= 15 is 0 Å². The van der Waals surface area contributed by atoms with Crippen LogP contribution >= 0.6 is 0 Å². The number of nitrogens with one attached hydrogen (secondary N) is 2. The third-order valence-electron chi connectivity index (χ3n) is 2.63. The van der Waals surface area contributed by atoms with E-state index in [1.165, 1.54) is 24.8 Å². The van der Waals surface area contributed by atoms with Gasteiger partial charge in [-0.2, -0.15) is 5.10 Å². The zero-order valence-electron chi connectivity index (χ0n) is 9.37. The van der Waals surface area contributed by atoms with Crippen molar-refractivity contribution in [2.45, 2.75) is 31.8 Å². The maximum absolute atomic E-state index is 4.13. The molecule has 0 unspecified atom stereocenters. The van der Waals surface area contributed by atoms with Crippen LogP contribution in [0.15, 0.2) is 12.4 Å². The summed E-state index contributed by atoms with van der Waals surface area (Å²) < 4.78 is 1.84. The molecule has 84 valence electrons. The first kappa shape index (κ1) is 10.6. The van der Waals surface area contributed by atoms with Crippen molar-refractivity contribution in [3.63, 3.8) is 0 Å². The predicted molar refractivity (Wildman–Crippen MR) is 60.6 cm³/mol. The molecule has 0 bridgehead atoms. The maximum atomic E-state index is 4.13. The van der Waals surface area contributed by atoms with Crippen LogP contribution in [0.4, 0.5) is 0 Å². The second-order valence-corrected chi connectivity index (χ2v) is 4.28. The molecule has 4 heteroatoms. The Kier molecular flexibility index (Phi) is 3.75. The average molecular weight is 208 g/mol. The van der Waals surface area contributed by atoms with Crippen LogP contribution in [-0.4, -0.2) is 28.9 Å². The molecular formula is C11H20N4. The van der Waals surface area contributed by atoms with Gasteiger partial charge in [-0.25, -0.2) is 0 Å². The highest BCUT2D eigenvalue weighted by Gasteiger charge is 2.19. The van der Waals surface area contributed by atoms with E-state index in [1.54, 1.807) is 0 Å². The number of rotatable bonds is 7. The van der Waals surface area contributed by atoms with Crippen molar-refractivity contribution in [3.05, 3.63) is 18.0 Å². The monoisotopic (exact) mass is 208 g/mol. The lowest BCUT2D eigenvalue weighted by molar-refractivity contribution is 0.593. The van der Waals surface area contributed by atoms with Gasteiger partial charge >= 0.3 is 0 Å². The highest BCUT2D eigenvalue weighted by Crippen LogP contribution is 2.18. The van der Waals surface area contributed by atoms with Gasteiger partial charge in [-0.3, -0.25) is 4.68 Å². The van der Waals surface area contributed by atoms with Crippen molar-refractivity contribution in [1.82, 2.24) is 20.4 Å². The predicted octanol–water partition coefficient (Wildman–Crippen LogP) is 0.652. The third-order valence-corrected chi connectivity index (χ3v) is 2.63. The smallest absolute Gasteiger partial charge is 0.0534 e. The van der Waals surface area contributed by atoms with Crippen molar-refractivity contribution in [1.29, 1.82) is 0 Å². The molecule has 1 aliphatic carbocycles. The molecule has 0 spiro atoms. The van der Waals surface area contributed by atoms with Gasteiger partial charge in [0, 0.05) is 31.4 Å². The minimum atomic E-state index is 0.836. The number of hydrogen-bond acceptors (Lipinski definition) is 3. The fourth-order valence-electron chi connectivity index (χ4n) is 1.60. The quantitative estimate of drug-likeness (QED) is 0.647. The van der Waals surface area contributed by atoms with Crippen LogP contribution in [0.2, 0.25) is 0 Å². The highest BCUT2D eigenvalue weighted by molar-refractivity contribution is 5.02. The van der Waals surface area contributed by atoms with E-state index in [9.17, 15) is 0 Å². The zero-order chi connectivity index (χ0) is 10.5. The van der Waals surface area contributed by atoms with Crippen molar-refractivity contribution >= 4 is 0 Å². The summed E-state index contributed by atoms with van der Waals surface area (Å²) in [7, 11) is 1.95. The Hall–Kier alpha value is -0.870. The molecule has 1 saturated carbocycles. The SMILES string of the molecule is Cn1cc(CNCCCNC2CC2)cn1. The first-order valence-corrected chi connectivity index (χ1v) is 5.76. The standard InChI is InChI=1S/C11H20N4/c1-15-9-10(8-14-15)7-12-5-2-6-13-11-3-4-11/h8-9,11-13H,2-7H2,1H3. The van der Waals surface area contributed by atoms with E-state index in [1.807, 2.05) is 17.9 Å². The number of nitrogens with zero attached hydrogens (tertiary/aromatic N) is 2. The summed E-state index contributed by atoms with van der Waals surface area (Å²) >= 11 is 0. The van der Waals surface area contributed by atoms with E-state index < -0.39 is 0 Å². The van der Waals surface area contributed by atoms with E-state index in [4.69, 9.17) is 0 Å². The molecule has 0 atom stereocenters. The molecule has 2 N–H and O–H groups in total. The molecular weight excluding hydrogens is 188 g/mol. The molecule has 1 heterocycles. The zero-order valence-corrected chi connectivity index (χ0v) is 9.37. The summed E-state index contributed by atoms with van der Waals surface area (Å²) in [6.07, 6.45) is 7.92. The summed E-state index contributed by atoms with van der Waals surface area (Å²) in [6, 6.07) is 0.836. The Bertz CT molecular complexity index is 291. The molecule has 1 aromatic heterocycles. The fraction of sp³-hybridized carbons (Fsp3) is 0.727. The van der Waals surface area contributed by atoms with E-state index in [0.29, 0.717) is 0 Å². The van der Waals surface area contributed by atoms with Crippen LogP contribution in [-0.2, 0) is 13.6 Å². The molecule has 4 nitrogen and oxygen atoms in total. The second kappa shape index (κ2) is 5.28. The van der Waals surface area contributed by atoms with Gasteiger partial charge in [0.05, 0.1) is 6.20 Å². The Morgan fingerprint density at radius 1 is 1.47 bits per heavy atom. The average Bonchev–Trinajstić information content (AvgIpc) is 2.95. The number of aryl methyl sites for hydroxylation is 1. The molecule has 0 radical (unpaired) electrons. The lowest BCUT2D eigenvalue weighted by atomic mass is 10.3. The van der Waals surface area contributed by atoms with Gasteiger partial charge in [0.25, 0.3) is 0 Å². The molecule has 0 aliphatic heterocycles. The Labute approximate surface area is 91.1 Å². The van der Waals surface area contributed by atoms with Crippen molar-refractivity contribution < 1.29 is 0 Å². The normalized spacial score (nSPS) is 15.8. The van der Waals surface area contributed by atoms with Crippen LogP contribution in [0, 0.1) is 0 Å². The highest BCUT2D eigenvalue weighted by atomic mass is 15.2. The van der Waals surface area contributed by atoms with Gasteiger partial charge in [-0.05, 0) is 32.4 Å². The first-order valence-electron chi connectivity index (χ1n) is 5.76. The first-order chi connectivity index (χ1) is 7.34. The fourth-order valence-corrected chi connectivity index (χ4v) is 1.60. The lowest BCUT2D eigenvalue weighted by Crippen LogP contribution is -2.22. The van der Waals surface area contributed by atoms with Gasteiger partial charge in [0.2, 0.25) is 0 Å².